The molecule has 15 nitrogen and oxygen atoms in total. The Kier molecular flexibility index (Phi) is 12.8. The van der Waals surface area contributed by atoms with Gasteiger partial charge in [0.15, 0.2) is 5.78 Å². The number of carbonyl (C=O) groups excluding carboxylic acids is 5. The normalized spacial score (nSPS) is 17.1. The predicted molar refractivity (Wildman–Crippen MR) is 206 cm³/mol. The van der Waals surface area contributed by atoms with Crippen LogP contribution in [0.25, 0.3) is 10.9 Å². The lowest BCUT2D eigenvalue weighted by Crippen LogP contribution is -2.54. The Morgan fingerprint density at radius 2 is 1.72 bits per heavy atom. The standard InChI is InChI=1S/C41H44FN7O8/c42-26(5-10-36(50)31-23-45-29(21-34(31)46-27-7-8-27)20-28-6-4-25-22-43-13-12-32(25)47-28)24-57-19-18-56-17-16-55-15-14-44-33-3-1-2-30-38(33)41(54)49(40(30)53)35-9-11-37(51)48-39(35)52/h1-4,6,12-13,21-23,26-27,35,44H,5,7-11,14-20,24H2,(H,45,46)(H,48,51,52). The van der Waals surface area contributed by atoms with Gasteiger partial charge in [0.25, 0.3) is 11.8 Å². The van der Waals surface area contributed by atoms with E-state index in [-0.39, 0.29) is 82.2 Å². The van der Waals surface area contributed by atoms with Gasteiger partial charge in [-0.1, -0.05) is 6.07 Å². The zero-order valence-corrected chi connectivity index (χ0v) is 31.3. The molecule has 0 bridgehead atoms. The van der Waals surface area contributed by atoms with Crippen molar-refractivity contribution in [3.8, 4) is 0 Å². The summed E-state index contributed by atoms with van der Waals surface area (Å²) < 4.78 is 31.2. The number of nitrogens with zero attached hydrogens (tertiary/aromatic N) is 4. The summed E-state index contributed by atoms with van der Waals surface area (Å²) in [5.74, 6) is -2.43. The first-order valence-electron chi connectivity index (χ1n) is 19.2. The number of anilines is 2. The van der Waals surface area contributed by atoms with Gasteiger partial charge in [0, 0.05) is 78.6 Å². The van der Waals surface area contributed by atoms with Crippen molar-refractivity contribution < 1.29 is 42.6 Å². The maximum atomic E-state index is 14.7. The van der Waals surface area contributed by atoms with E-state index in [2.05, 4.69) is 25.9 Å². The SMILES string of the molecule is O=C1CCC(N2C(=O)c3cccc(NCCOCCOCCOCC(F)CCC(=O)c4cnc(Cc5ccc6cnccc6n5)cc4NC4CC4)c3C2=O)C(=O)N1. The van der Waals surface area contributed by atoms with Crippen LogP contribution in [0.15, 0.2) is 61.1 Å². The third-order valence-electron chi connectivity index (χ3n) is 9.86. The molecule has 3 N–H and O–H groups in total. The van der Waals surface area contributed by atoms with Crippen LogP contribution in [0.3, 0.4) is 0 Å². The summed E-state index contributed by atoms with van der Waals surface area (Å²) in [5, 5.41) is 9.70. The van der Waals surface area contributed by atoms with E-state index in [4.69, 9.17) is 19.2 Å². The average Bonchev–Trinajstić information content (AvgIpc) is 3.99. The van der Waals surface area contributed by atoms with E-state index in [1.54, 1.807) is 30.7 Å². The van der Waals surface area contributed by atoms with Crippen LogP contribution in [0.5, 0.6) is 0 Å². The second-order valence-electron chi connectivity index (χ2n) is 14.1. The number of ketones is 1. The molecule has 0 radical (unpaired) electrons. The summed E-state index contributed by atoms with van der Waals surface area (Å²) in [4.78, 5) is 77.6. The first kappa shape index (κ1) is 39.5. The number of aromatic nitrogens is 3. The number of Topliss-reactive ketones (excluding diaryl/α,β-unsaturated/α-hetero) is 1. The lowest BCUT2D eigenvalue weighted by atomic mass is 10.0. The third-order valence-corrected chi connectivity index (χ3v) is 9.86. The second kappa shape index (κ2) is 18.5. The molecule has 0 spiro atoms. The number of hydrogen-bond acceptors (Lipinski definition) is 13. The van der Waals surface area contributed by atoms with Gasteiger partial charge in [0.05, 0.1) is 61.8 Å². The highest BCUT2D eigenvalue weighted by atomic mass is 19.1. The number of imide groups is 2. The van der Waals surface area contributed by atoms with Crippen molar-refractivity contribution in [2.75, 3.05) is 56.8 Å². The fourth-order valence-electron chi connectivity index (χ4n) is 6.75. The molecule has 7 rings (SSSR count). The van der Waals surface area contributed by atoms with Crippen LogP contribution in [-0.4, -0.2) is 114 Å². The van der Waals surface area contributed by atoms with Crippen LogP contribution in [0.4, 0.5) is 15.8 Å². The quantitative estimate of drug-likeness (QED) is 0.0624. The molecule has 57 heavy (non-hydrogen) atoms. The molecule has 1 saturated heterocycles. The van der Waals surface area contributed by atoms with Crippen molar-refractivity contribution in [2.24, 2.45) is 0 Å². The molecule has 5 heterocycles. The van der Waals surface area contributed by atoms with Crippen LogP contribution in [0, 0.1) is 0 Å². The van der Waals surface area contributed by atoms with E-state index in [9.17, 15) is 28.4 Å². The average molecular weight is 782 g/mol. The summed E-state index contributed by atoms with van der Waals surface area (Å²) in [6.45, 7) is 1.46. The van der Waals surface area contributed by atoms with Crippen molar-refractivity contribution in [1.29, 1.82) is 0 Å². The number of nitrogens with one attached hydrogen (secondary N) is 3. The van der Waals surface area contributed by atoms with Gasteiger partial charge in [-0.3, -0.25) is 49.1 Å². The minimum absolute atomic E-state index is 0.0237. The summed E-state index contributed by atoms with van der Waals surface area (Å²) in [6.07, 6.45) is 6.50. The van der Waals surface area contributed by atoms with E-state index in [1.807, 2.05) is 24.3 Å². The molecule has 2 fully saturated rings. The number of pyridine rings is 3. The van der Waals surface area contributed by atoms with Gasteiger partial charge in [-0.25, -0.2) is 4.39 Å². The number of hydrogen-bond donors (Lipinski definition) is 3. The lowest BCUT2D eigenvalue weighted by molar-refractivity contribution is -0.136. The Bertz CT molecular complexity index is 2150. The van der Waals surface area contributed by atoms with E-state index >= 15 is 0 Å². The third kappa shape index (κ3) is 10.0. The number of amides is 4. The fraction of sp³-hybridized carbons (Fsp3) is 0.415. The first-order valence-corrected chi connectivity index (χ1v) is 19.2. The molecule has 4 amide bonds. The summed E-state index contributed by atoms with van der Waals surface area (Å²) in [6, 6.07) is 11.8. The molecular weight excluding hydrogens is 737 g/mol. The minimum Gasteiger partial charge on any atom is -0.382 e. The number of benzene rings is 1. The Hall–Kier alpha value is -5.71. The summed E-state index contributed by atoms with van der Waals surface area (Å²) in [7, 11) is 0. The highest BCUT2D eigenvalue weighted by molar-refractivity contribution is 6.25. The number of ether oxygens (including phenoxy) is 3. The molecule has 1 aromatic carbocycles. The van der Waals surface area contributed by atoms with Crippen LogP contribution in [0.1, 0.15) is 81.0 Å². The highest BCUT2D eigenvalue weighted by Crippen LogP contribution is 2.32. The molecule has 4 aromatic rings. The monoisotopic (exact) mass is 781 g/mol. The summed E-state index contributed by atoms with van der Waals surface area (Å²) >= 11 is 0. The number of piperidine rings is 1. The molecule has 16 heteroatoms. The number of fused-ring (bicyclic) bond motifs is 2. The molecule has 3 aliphatic rings. The van der Waals surface area contributed by atoms with Crippen molar-refractivity contribution in [3.05, 3.63) is 89.1 Å². The molecule has 2 aliphatic heterocycles. The zero-order valence-electron chi connectivity index (χ0n) is 31.3. The van der Waals surface area contributed by atoms with Crippen molar-refractivity contribution >= 4 is 51.7 Å². The van der Waals surface area contributed by atoms with Gasteiger partial charge in [-0.05, 0) is 62.1 Å². The number of rotatable bonds is 21. The largest absolute Gasteiger partial charge is 0.382 e. The maximum absolute atomic E-state index is 14.7. The Morgan fingerprint density at radius 1 is 0.912 bits per heavy atom. The maximum Gasteiger partial charge on any atom is 0.264 e. The molecule has 298 valence electrons. The van der Waals surface area contributed by atoms with E-state index in [0.717, 1.165) is 45.7 Å². The van der Waals surface area contributed by atoms with Crippen LogP contribution < -0.4 is 16.0 Å². The second-order valence-corrected chi connectivity index (χ2v) is 14.1. The Balaban J connectivity index is 0.760. The summed E-state index contributed by atoms with van der Waals surface area (Å²) in [5.41, 5.74) is 4.49. The highest BCUT2D eigenvalue weighted by Gasteiger charge is 2.45. The smallest absolute Gasteiger partial charge is 0.264 e. The molecule has 1 saturated carbocycles. The number of carbonyl (C=O) groups is 5. The molecular formula is C41H44FN7O8. The predicted octanol–water partition coefficient (Wildman–Crippen LogP) is 4.05. The Labute approximate surface area is 328 Å². The van der Waals surface area contributed by atoms with Gasteiger partial charge < -0.3 is 24.8 Å². The topological polar surface area (TPSA) is 191 Å². The van der Waals surface area contributed by atoms with Gasteiger partial charge in [0.2, 0.25) is 11.8 Å². The van der Waals surface area contributed by atoms with E-state index in [0.29, 0.717) is 30.3 Å². The molecule has 3 aromatic heterocycles. The van der Waals surface area contributed by atoms with Gasteiger partial charge in [0.1, 0.15) is 12.2 Å². The van der Waals surface area contributed by atoms with Gasteiger partial charge >= 0.3 is 0 Å². The number of halogens is 1. The lowest BCUT2D eigenvalue weighted by Gasteiger charge is -2.27. The van der Waals surface area contributed by atoms with Gasteiger partial charge in [-0.15, -0.1) is 0 Å². The zero-order chi connectivity index (χ0) is 39.7. The van der Waals surface area contributed by atoms with Crippen molar-refractivity contribution in [1.82, 2.24) is 25.2 Å². The minimum atomic E-state index is -1.31. The number of alkyl halides is 1. The Morgan fingerprint density at radius 3 is 2.53 bits per heavy atom. The molecule has 2 unspecified atom stereocenters. The van der Waals surface area contributed by atoms with E-state index in [1.165, 1.54) is 6.07 Å². The van der Waals surface area contributed by atoms with E-state index < -0.39 is 35.8 Å². The first-order chi connectivity index (χ1) is 27.7. The molecule has 1 aliphatic carbocycles. The fourth-order valence-corrected chi connectivity index (χ4v) is 6.75. The molecule has 2 atom stereocenters. The van der Waals surface area contributed by atoms with Crippen LogP contribution in [0.2, 0.25) is 0 Å². The van der Waals surface area contributed by atoms with Crippen LogP contribution >= 0.6 is 0 Å². The van der Waals surface area contributed by atoms with Crippen molar-refractivity contribution in [2.45, 2.75) is 63.2 Å². The van der Waals surface area contributed by atoms with Crippen LogP contribution in [-0.2, 0) is 30.2 Å². The van der Waals surface area contributed by atoms with Gasteiger partial charge in [-0.2, -0.15) is 0 Å². The van der Waals surface area contributed by atoms with Crippen molar-refractivity contribution in [3.63, 3.8) is 0 Å².